The number of carbonyl (C=O) groups is 1. The fraction of sp³-hybridized carbons (Fsp3) is 0.200. The maximum absolute atomic E-state index is 13.2. The van der Waals surface area contributed by atoms with Gasteiger partial charge in [0, 0.05) is 29.8 Å². The van der Waals surface area contributed by atoms with Gasteiger partial charge in [0.15, 0.2) is 5.16 Å². The van der Waals surface area contributed by atoms with Gasteiger partial charge >= 0.3 is 0 Å². The van der Waals surface area contributed by atoms with Crippen LogP contribution in [0.1, 0.15) is 33.0 Å². The molecule has 0 aliphatic carbocycles. The first-order valence-corrected chi connectivity index (χ1v) is 11.5. The molecule has 0 radical (unpaired) electrons. The molecule has 168 valence electrons. The Hall–Kier alpha value is -3.65. The third-order valence-electron chi connectivity index (χ3n) is 5.37. The highest BCUT2D eigenvalue weighted by molar-refractivity contribution is 7.98. The highest BCUT2D eigenvalue weighted by Crippen LogP contribution is 2.23. The molecule has 1 N–H and O–H groups in total. The minimum absolute atomic E-state index is 0.270. The first-order valence-electron chi connectivity index (χ1n) is 10.5. The Kier molecular flexibility index (Phi) is 6.46. The largest absolute Gasteiger partial charge is 0.316 e. The third-order valence-corrected chi connectivity index (χ3v) is 6.27. The monoisotopic (exact) mass is 459 g/mol. The van der Waals surface area contributed by atoms with E-state index in [-0.39, 0.29) is 17.2 Å². The lowest BCUT2D eigenvalue weighted by Crippen LogP contribution is -2.23. The maximum atomic E-state index is 13.2. The average molecular weight is 460 g/mol. The molecule has 33 heavy (non-hydrogen) atoms. The van der Waals surface area contributed by atoms with Gasteiger partial charge in [-0.25, -0.2) is 14.6 Å². The molecule has 0 saturated carbocycles. The van der Waals surface area contributed by atoms with Gasteiger partial charge in [-0.2, -0.15) is 0 Å². The number of hydrogen-bond acceptors (Lipinski definition) is 5. The zero-order chi connectivity index (χ0) is 23.5. The van der Waals surface area contributed by atoms with Crippen molar-refractivity contribution < 1.29 is 4.79 Å². The lowest BCUT2D eigenvalue weighted by molar-refractivity contribution is 0.102. The molecular formula is C25H25N5O2S. The van der Waals surface area contributed by atoms with Crippen molar-refractivity contribution in [3.05, 3.63) is 99.2 Å². The third kappa shape index (κ3) is 4.75. The summed E-state index contributed by atoms with van der Waals surface area (Å²) < 4.78 is 3.29. The van der Waals surface area contributed by atoms with Crippen LogP contribution in [-0.2, 0) is 12.8 Å². The van der Waals surface area contributed by atoms with Crippen molar-refractivity contribution >= 4 is 23.4 Å². The van der Waals surface area contributed by atoms with Crippen molar-refractivity contribution in [3.8, 4) is 5.69 Å². The van der Waals surface area contributed by atoms with E-state index in [1.54, 1.807) is 22.5 Å². The fourth-order valence-electron chi connectivity index (χ4n) is 3.66. The van der Waals surface area contributed by atoms with Crippen LogP contribution in [0, 0.1) is 20.8 Å². The minimum Gasteiger partial charge on any atom is -0.316 e. The Morgan fingerprint density at radius 3 is 2.30 bits per heavy atom. The van der Waals surface area contributed by atoms with Gasteiger partial charge in [-0.05, 0) is 50.6 Å². The summed E-state index contributed by atoms with van der Waals surface area (Å²) in [5.74, 6) is 0.215. The highest BCUT2D eigenvalue weighted by Gasteiger charge is 2.20. The SMILES string of the molecule is Cc1cc(C)nc(SCc2ccccc2C(=O)Nc2c(C)n(C)n(-c3ccccc3)c2=O)n1. The van der Waals surface area contributed by atoms with Crippen LogP contribution in [0.2, 0.25) is 0 Å². The molecule has 4 rings (SSSR count). The van der Waals surface area contributed by atoms with E-state index >= 15 is 0 Å². The van der Waals surface area contributed by atoms with Gasteiger partial charge in [-0.1, -0.05) is 48.2 Å². The van der Waals surface area contributed by atoms with Crippen LogP contribution in [-0.4, -0.2) is 25.2 Å². The number of rotatable bonds is 6. The van der Waals surface area contributed by atoms with E-state index in [1.165, 1.54) is 11.8 Å². The molecule has 7 nitrogen and oxygen atoms in total. The first-order chi connectivity index (χ1) is 15.8. The summed E-state index contributed by atoms with van der Waals surface area (Å²) >= 11 is 1.48. The summed E-state index contributed by atoms with van der Waals surface area (Å²) in [5, 5.41) is 3.52. The van der Waals surface area contributed by atoms with Crippen LogP contribution in [0.5, 0.6) is 0 Å². The lowest BCUT2D eigenvalue weighted by atomic mass is 10.1. The molecule has 0 fully saturated rings. The van der Waals surface area contributed by atoms with Crippen molar-refractivity contribution in [2.24, 2.45) is 7.05 Å². The summed E-state index contributed by atoms with van der Waals surface area (Å²) in [4.78, 5) is 35.3. The first kappa shape index (κ1) is 22.5. The zero-order valence-corrected chi connectivity index (χ0v) is 19.8. The number of hydrogen-bond donors (Lipinski definition) is 1. The van der Waals surface area contributed by atoms with Gasteiger partial charge in [0.1, 0.15) is 5.69 Å². The van der Waals surface area contributed by atoms with E-state index in [4.69, 9.17) is 0 Å². The molecule has 8 heteroatoms. The molecular weight excluding hydrogens is 434 g/mol. The van der Waals surface area contributed by atoms with Gasteiger partial charge in [-0.15, -0.1) is 0 Å². The number of anilines is 1. The summed E-state index contributed by atoms with van der Waals surface area (Å²) in [5.41, 5.74) is 4.58. The molecule has 0 aliphatic rings. The molecule has 2 heterocycles. The number of thioether (sulfide) groups is 1. The smallest absolute Gasteiger partial charge is 0.295 e. The quantitative estimate of drug-likeness (QED) is 0.341. The number of amides is 1. The molecule has 0 atom stereocenters. The molecule has 1 amide bonds. The van der Waals surface area contributed by atoms with E-state index in [0.29, 0.717) is 22.2 Å². The molecule has 0 saturated heterocycles. The predicted octanol–water partition coefficient (Wildman–Crippen LogP) is 4.44. The van der Waals surface area contributed by atoms with E-state index in [9.17, 15) is 9.59 Å². The molecule has 4 aromatic rings. The fourth-order valence-corrected chi connectivity index (χ4v) is 4.61. The van der Waals surface area contributed by atoms with Gasteiger partial charge in [0.2, 0.25) is 0 Å². The molecule has 2 aromatic heterocycles. The second kappa shape index (κ2) is 9.46. The molecule has 2 aromatic carbocycles. The molecule has 0 bridgehead atoms. The van der Waals surface area contributed by atoms with Crippen LogP contribution in [0.3, 0.4) is 0 Å². The maximum Gasteiger partial charge on any atom is 0.295 e. The summed E-state index contributed by atoms with van der Waals surface area (Å²) in [6, 6.07) is 18.7. The number of para-hydroxylation sites is 1. The predicted molar refractivity (Wildman–Crippen MR) is 131 cm³/mol. The van der Waals surface area contributed by atoms with Crippen LogP contribution in [0.25, 0.3) is 5.69 Å². The van der Waals surface area contributed by atoms with Crippen molar-refractivity contribution in [2.45, 2.75) is 31.7 Å². The van der Waals surface area contributed by atoms with Crippen LogP contribution in [0.15, 0.2) is 70.6 Å². The number of nitrogens with zero attached hydrogens (tertiary/aromatic N) is 4. The zero-order valence-electron chi connectivity index (χ0n) is 19.0. The Morgan fingerprint density at radius 1 is 0.970 bits per heavy atom. The van der Waals surface area contributed by atoms with E-state index in [2.05, 4.69) is 15.3 Å². The normalized spacial score (nSPS) is 10.9. The van der Waals surface area contributed by atoms with Gasteiger partial charge in [0.05, 0.1) is 11.4 Å². The van der Waals surface area contributed by atoms with E-state index in [0.717, 1.165) is 22.6 Å². The molecule has 0 spiro atoms. The summed E-state index contributed by atoms with van der Waals surface area (Å²) in [6.07, 6.45) is 0. The number of benzene rings is 2. The summed E-state index contributed by atoms with van der Waals surface area (Å²) in [7, 11) is 1.80. The van der Waals surface area contributed by atoms with Crippen molar-refractivity contribution in [3.63, 3.8) is 0 Å². The second-order valence-corrected chi connectivity index (χ2v) is 8.71. The number of aromatic nitrogens is 4. The van der Waals surface area contributed by atoms with Crippen LogP contribution in [0.4, 0.5) is 5.69 Å². The van der Waals surface area contributed by atoms with Crippen molar-refractivity contribution in [1.29, 1.82) is 0 Å². The van der Waals surface area contributed by atoms with Gasteiger partial charge < -0.3 is 5.32 Å². The molecule has 0 aliphatic heterocycles. The number of carbonyl (C=O) groups excluding carboxylic acids is 1. The van der Waals surface area contributed by atoms with E-state index in [1.807, 2.05) is 75.4 Å². The Morgan fingerprint density at radius 2 is 1.61 bits per heavy atom. The standard InChI is InChI=1S/C25H25N5O2S/c1-16-14-17(2)27-25(26-16)33-15-19-10-8-9-13-21(19)23(31)28-22-18(3)29(4)30(24(22)32)20-11-6-5-7-12-20/h5-14H,15H2,1-4H3,(H,28,31). The molecule has 0 unspecified atom stereocenters. The Labute approximate surface area is 196 Å². The Bertz CT molecular complexity index is 1360. The lowest BCUT2D eigenvalue weighted by Gasteiger charge is -2.10. The Balaban J connectivity index is 1.60. The van der Waals surface area contributed by atoms with Crippen LogP contribution < -0.4 is 10.9 Å². The summed E-state index contributed by atoms with van der Waals surface area (Å²) in [6.45, 7) is 5.69. The van der Waals surface area contributed by atoms with Crippen molar-refractivity contribution in [1.82, 2.24) is 19.3 Å². The minimum atomic E-state index is -0.321. The van der Waals surface area contributed by atoms with Crippen LogP contribution >= 0.6 is 11.8 Å². The van der Waals surface area contributed by atoms with Gasteiger partial charge in [-0.3, -0.25) is 14.3 Å². The average Bonchev–Trinajstić information content (AvgIpc) is 3.01. The number of nitrogens with one attached hydrogen (secondary N) is 1. The number of aryl methyl sites for hydroxylation is 2. The van der Waals surface area contributed by atoms with Crippen molar-refractivity contribution in [2.75, 3.05) is 5.32 Å². The highest BCUT2D eigenvalue weighted by atomic mass is 32.2. The topological polar surface area (TPSA) is 81.8 Å². The van der Waals surface area contributed by atoms with Gasteiger partial charge in [0.25, 0.3) is 11.5 Å². The second-order valence-electron chi connectivity index (χ2n) is 7.77. The van der Waals surface area contributed by atoms with E-state index < -0.39 is 0 Å².